The third-order valence-corrected chi connectivity index (χ3v) is 0.354. The second-order valence-corrected chi connectivity index (χ2v) is 1.06. The molecular formula is C3H6BrCl-2. The minimum atomic E-state index is 0. The molecule has 0 unspecified atom stereocenters. The summed E-state index contributed by atoms with van der Waals surface area (Å²) in [5, 5.41) is 0. The van der Waals surface area contributed by atoms with E-state index in [-0.39, 0.29) is 29.4 Å². The minimum Gasteiger partial charge on any atom is -1.00 e. The van der Waals surface area contributed by atoms with Crippen LogP contribution in [0.3, 0.4) is 0 Å². The van der Waals surface area contributed by atoms with Crippen LogP contribution in [0, 0.1) is 0 Å². The smallest absolute Gasteiger partial charge is 0.0533 e. The van der Waals surface area contributed by atoms with E-state index in [1.54, 1.807) is 0 Å². The number of rotatable bonds is 0. The SMILES string of the molecule is C1CC1.[Br-].[Cl-]. The van der Waals surface area contributed by atoms with Gasteiger partial charge in [0.2, 0.25) is 0 Å². The third-order valence-electron chi connectivity index (χ3n) is 0.354. The van der Waals surface area contributed by atoms with E-state index in [1.807, 2.05) is 0 Å². The summed E-state index contributed by atoms with van der Waals surface area (Å²) in [6.45, 7) is 0. The highest BCUT2D eigenvalue weighted by Crippen LogP contribution is 2.14. The average molecular weight is 157 g/mol. The van der Waals surface area contributed by atoms with Crippen molar-refractivity contribution in [1.29, 1.82) is 0 Å². The molecule has 0 bridgehead atoms. The van der Waals surface area contributed by atoms with E-state index in [0.29, 0.717) is 0 Å². The highest BCUT2D eigenvalue weighted by atomic mass is 79.9. The summed E-state index contributed by atoms with van der Waals surface area (Å²) in [6.07, 6.45) is 4.50. The van der Waals surface area contributed by atoms with Gasteiger partial charge < -0.3 is 29.4 Å². The van der Waals surface area contributed by atoms with Crippen molar-refractivity contribution in [3.8, 4) is 0 Å². The average Bonchev–Trinajstić information content (AvgIpc) is 1.46. The Bertz CT molecular complexity index is 11.6. The largest absolute Gasteiger partial charge is 1.00 e. The van der Waals surface area contributed by atoms with E-state index in [9.17, 15) is 0 Å². The van der Waals surface area contributed by atoms with Gasteiger partial charge in [-0.15, -0.1) is 0 Å². The standard InChI is InChI=1S/C3H6.BrH.ClH/c1-2-3-1;;/h1-3H2;2*1H/p-2. The van der Waals surface area contributed by atoms with E-state index in [2.05, 4.69) is 0 Å². The predicted molar refractivity (Wildman–Crippen MR) is 13.9 cm³/mol. The molecule has 1 rings (SSSR count). The number of hydrogen-bond acceptors (Lipinski definition) is 0. The van der Waals surface area contributed by atoms with Gasteiger partial charge in [0.05, 0.1) is 0 Å². The Balaban J connectivity index is 0. The topological polar surface area (TPSA) is 0 Å². The summed E-state index contributed by atoms with van der Waals surface area (Å²) >= 11 is 0. The molecule has 34 valence electrons. The van der Waals surface area contributed by atoms with Crippen molar-refractivity contribution in [3.05, 3.63) is 0 Å². The number of hydrogen-bond donors (Lipinski definition) is 0. The van der Waals surface area contributed by atoms with Crippen molar-refractivity contribution in [2.45, 2.75) is 19.3 Å². The van der Waals surface area contributed by atoms with Gasteiger partial charge in [-0.1, -0.05) is 19.3 Å². The molecule has 1 fully saturated rings. The number of halogens is 2. The van der Waals surface area contributed by atoms with Crippen LogP contribution in [0.1, 0.15) is 19.3 Å². The monoisotopic (exact) mass is 156 g/mol. The van der Waals surface area contributed by atoms with Gasteiger partial charge in [0.25, 0.3) is 0 Å². The zero-order chi connectivity index (χ0) is 2.12. The fourth-order valence-corrected chi connectivity index (χ4v) is 0. The van der Waals surface area contributed by atoms with Crippen LogP contribution in [0.4, 0.5) is 0 Å². The van der Waals surface area contributed by atoms with E-state index in [4.69, 9.17) is 0 Å². The zero-order valence-corrected chi connectivity index (χ0v) is 5.22. The Kier molecular flexibility index (Phi) is 8.81. The lowest BCUT2D eigenvalue weighted by Gasteiger charge is -1.05. The van der Waals surface area contributed by atoms with Crippen molar-refractivity contribution in [2.75, 3.05) is 0 Å². The van der Waals surface area contributed by atoms with E-state index < -0.39 is 0 Å². The predicted octanol–water partition coefficient (Wildman–Crippen LogP) is -4.82. The minimum absolute atomic E-state index is 0. The Morgan fingerprint density at radius 3 is 1.00 bits per heavy atom. The molecule has 1 aliphatic rings. The molecule has 0 aromatic heterocycles. The molecule has 0 nitrogen and oxygen atoms in total. The van der Waals surface area contributed by atoms with Gasteiger partial charge >= 0.3 is 0 Å². The highest BCUT2D eigenvalue weighted by Gasteiger charge is 1.95. The first kappa shape index (κ1) is 9.24. The van der Waals surface area contributed by atoms with Crippen molar-refractivity contribution in [1.82, 2.24) is 0 Å². The van der Waals surface area contributed by atoms with Crippen LogP contribution in [0.5, 0.6) is 0 Å². The van der Waals surface area contributed by atoms with Gasteiger partial charge in [-0.3, -0.25) is 0 Å². The highest BCUT2D eigenvalue weighted by molar-refractivity contribution is 4.50. The van der Waals surface area contributed by atoms with Crippen molar-refractivity contribution >= 4 is 0 Å². The molecular weight excluding hydrogens is 151 g/mol. The second kappa shape index (κ2) is 4.77. The molecule has 0 spiro atoms. The molecule has 2 heteroatoms. The fraction of sp³-hybridized carbons (Fsp3) is 1.00. The molecule has 5 heavy (non-hydrogen) atoms. The van der Waals surface area contributed by atoms with Crippen LogP contribution in [0.25, 0.3) is 0 Å². The molecule has 0 saturated heterocycles. The fourth-order valence-electron chi connectivity index (χ4n) is 0. The second-order valence-electron chi connectivity index (χ2n) is 1.06. The molecule has 0 N–H and O–H groups in total. The molecule has 0 amide bonds. The van der Waals surface area contributed by atoms with Crippen molar-refractivity contribution < 1.29 is 29.4 Å². The van der Waals surface area contributed by atoms with E-state index >= 15 is 0 Å². The first-order valence-electron chi connectivity index (χ1n) is 1.50. The quantitative estimate of drug-likeness (QED) is 0.331. The molecule has 0 radical (unpaired) electrons. The van der Waals surface area contributed by atoms with E-state index in [1.165, 1.54) is 19.3 Å². The van der Waals surface area contributed by atoms with Crippen molar-refractivity contribution in [3.63, 3.8) is 0 Å². The normalized spacial score (nSPS) is 14.4. The van der Waals surface area contributed by atoms with Crippen molar-refractivity contribution in [2.24, 2.45) is 0 Å². The van der Waals surface area contributed by atoms with Gasteiger partial charge in [0, 0.05) is 0 Å². The van der Waals surface area contributed by atoms with Crippen LogP contribution in [0.15, 0.2) is 0 Å². The third kappa shape index (κ3) is 11.7. The molecule has 0 aliphatic heterocycles. The van der Waals surface area contributed by atoms with Crippen LogP contribution in [-0.2, 0) is 0 Å². The maximum absolute atomic E-state index is 1.50. The first-order chi connectivity index (χ1) is 1.50. The molecule has 0 atom stereocenters. The van der Waals surface area contributed by atoms with E-state index in [0.717, 1.165) is 0 Å². The van der Waals surface area contributed by atoms with Gasteiger partial charge in [-0.05, 0) is 0 Å². The lowest BCUT2D eigenvalue weighted by Crippen LogP contribution is -3.00. The maximum atomic E-state index is 1.50. The summed E-state index contributed by atoms with van der Waals surface area (Å²) in [5.74, 6) is 0. The molecule has 0 heterocycles. The van der Waals surface area contributed by atoms with Gasteiger partial charge in [-0.25, -0.2) is 0 Å². The molecule has 1 aliphatic carbocycles. The Morgan fingerprint density at radius 1 is 0.800 bits per heavy atom. The lowest BCUT2D eigenvalue weighted by molar-refractivity contribution is -0.001000. The summed E-state index contributed by atoms with van der Waals surface area (Å²) in [4.78, 5) is 0. The molecule has 1 saturated carbocycles. The summed E-state index contributed by atoms with van der Waals surface area (Å²) in [5.41, 5.74) is 0. The van der Waals surface area contributed by atoms with Crippen LogP contribution in [0.2, 0.25) is 0 Å². The molecule has 0 aromatic carbocycles. The Labute approximate surface area is 49.1 Å². The van der Waals surface area contributed by atoms with Gasteiger partial charge in [0.15, 0.2) is 0 Å². The maximum Gasteiger partial charge on any atom is -0.0533 e. The van der Waals surface area contributed by atoms with Crippen LogP contribution >= 0.6 is 0 Å². The summed E-state index contributed by atoms with van der Waals surface area (Å²) in [6, 6.07) is 0. The summed E-state index contributed by atoms with van der Waals surface area (Å²) < 4.78 is 0. The zero-order valence-electron chi connectivity index (χ0n) is 2.88. The van der Waals surface area contributed by atoms with Crippen LogP contribution in [-0.4, -0.2) is 0 Å². The lowest BCUT2D eigenvalue weighted by atomic mass is 11.0. The summed E-state index contributed by atoms with van der Waals surface area (Å²) in [7, 11) is 0. The van der Waals surface area contributed by atoms with Crippen LogP contribution < -0.4 is 29.4 Å². The first-order valence-corrected chi connectivity index (χ1v) is 1.50. The Morgan fingerprint density at radius 2 is 1.00 bits per heavy atom. The Hall–Kier alpha value is 0.770. The van der Waals surface area contributed by atoms with Gasteiger partial charge in [-0.2, -0.15) is 0 Å². The van der Waals surface area contributed by atoms with Gasteiger partial charge in [0.1, 0.15) is 0 Å². The molecule has 0 aromatic rings.